The monoisotopic (exact) mass is 482 g/mol. The minimum atomic E-state index is -0.896. The SMILES string of the molecule is CC1CCC(COOCC2CCC(COC(=O)C3CCC(C)CC3C(=O)O)CC2)C(C(=O)O)C1. The van der Waals surface area contributed by atoms with Crippen LogP contribution in [0.1, 0.15) is 78.1 Å². The van der Waals surface area contributed by atoms with Gasteiger partial charge in [-0.25, -0.2) is 9.78 Å². The highest BCUT2D eigenvalue weighted by atomic mass is 17.2. The second-order valence-corrected chi connectivity index (χ2v) is 11.2. The lowest BCUT2D eigenvalue weighted by Crippen LogP contribution is -2.36. The van der Waals surface area contributed by atoms with Crippen molar-refractivity contribution in [1.29, 1.82) is 0 Å². The second-order valence-electron chi connectivity index (χ2n) is 11.2. The number of carboxylic acids is 2. The Labute approximate surface area is 202 Å². The zero-order valence-electron chi connectivity index (χ0n) is 20.7. The van der Waals surface area contributed by atoms with Crippen molar-refractivity contribution in [1.82, 2.24) is 0 Å². The van der Waals surface area contributed by atoms with Crippen LogP contribution in [-0.2, 0) is 28.9 Å². The molecule has 34 heavy (non-hydrogen) atoms. The zero-order valence-corrected chi connectivity index (χ0v) is 20.7. The molecule has 0 amide bonds. The van der Waals surface area contributed by atoms with Crippen LogP contribution in [0.25, 0.3) is 0 Å². The molecule has 194 valence electrons. The lowest BCUT2D eigenvalue weighted by Gasteiger charge is -2.32. The van der Waals surface area contributed by atoms with Crippen LogP contribution in [-0.4, -0.2) is 47.9 Å². The Morgan fingerprint density at radius 1 is 0.647 bits per heavy atom. The second kappa shape index (κ2) is 12.9. The maximum absolute atomic E-state index is 12.6. The van der Waals surface area contributed by atoms with Gasteiger partial charge in [0, 0.05) is 0 Å². The summed E-state index contributed by atoms with van der Waals surface area (Å²) in [6, 6.07) is 0. The minimum Gasteiger partial charge on any atom is -0.481 e. The van der Waals surface area contributed by atoms with Gasteiger partial charge in [0.2, 0.25) is 0 Å². The van der Waals surface area contributed by atoms with E-state index in [9.17, 15) is 24.6 Å². The first kappa shape index (κ1) is 26.9. The van der Waals surface area contributed by atoms with E-state index in [2.05, 4.69) is 6.92 Å². The van der Waals surface area contributed by atoms with Gasteiger partial charge >= 0.3 is 17.9 Å². The highest BCUT2D eigenvalue weighted by Crippen LogP contribution is 2.36. The Morgan fingerprint density at radius 3 is 1.79 bits per heavy atom. The summed E-state index contributed by atoms with van der Waals surface area (Å²) in [5, 5.41) is 18.9. The summed E-state index contributed by atoms with van der Waals surface area (Å²) < 4.78 is 5.57. The first-order chi connectivity index (χ1) is 16.2. The average Bonchev–Trinajstić information content (AvgIpc) is 2.81. The summed E-state index contributed by atoms with van der Waals surface area (Å²) in [5.41, 5.74) is 0. The van der Waals surface area contributed by atoms with Gasteiger partial charge < -0.3 is 14.9 Å². The molecule has 8 heteroatoms. The molecule has 3 aliphatic rings. The summed E-state index contributed by atoms with van der Waals surface area (Å²) >= 11 is 0. The molecule has 2 N–H and O–H groups in total. The lowest BCUT2D eigenvalue weighted by molar-refractivity contribution is -0.311. The maximum Gasteiger partial charge on any atom is 0.309 e. The number of ether oxygens (including phenoxy) is 1. The molecule has 0 aromatic rings. The van der Waals surface area contributed by atoms with Crippen LogP contribution in [0.3, 0.4) is 0 Å². The number of hydrogen-bond donors (Lipinski definition) is 2. The highest BCUT2D eigenvalue weighted by Gasteiger charge is 2.39. The smallest absolute Gasteiger partial charge is 0.309 e. The van der Waals surface area contributed by atoms with Crippen molar-refractivity contribution in [2.75, 3.05) is 19.8 Å². The Hall–Kier alpha value is -1.67. The van der Waals surface area contributed by atoms with Crippen LogP contribution in [0.4, 0.5) is 0 Å². The largest absolute Gasteiger partial charge is 0.481 e. The minimum absolute atomic E-state index is 0.00669. The van der Waals surface area contributed by atoms with E-state index in [0.29, 0.717) is 62.8 Å². The first-order valence-electron chi connectivity index (χ1n) is 13.1. The molecule has 6 atom stereocenters. The third-order valence-corrected chi connectivity index (χ3v) is 8.40. The fraction of sp³-hybridized carbons (Fsp3) is 0.885. The van der Waals surface area contributed by atoms with Gasteiger partial charge in [-0.2, -0.15) is 0 Å². The van der Waals surface area contributed by atoms with Gasteiger partial charge in [-0.05, 0) is 87.4 Å². The van der Waals surface area contributed by atoms with E-state index in [1.165, 1.54) is 0 Å². The normalized spacial score (nSPS) is 36.5. The molecule has 0 bridgehead atoms. The van der Waals surface area contributed by atoms with E-state index in [4.69, 9.17) is 14.5 Å². The van der Waals surface area contributed by atoms with E-state index in [1.807, 2.05) is 6.92 Å². The van der Waals surface area contributed by atoms with E-state index in [1.54, 1.807) is 0 Å². The van der Waals surface area contributed by atoms with Crippen molar-refractivity contribution >= 4 is 17.9 Å². The number of aliphatic carboxylic acids is 2. The first-order valence-corrected chi connectivity index (χ1v) is 13.1. The fourth-order valence-corrected chi connectivity index (χ4v) is 6.03. The number of hydrogen-bond acceptors (Lipinski definition) is 6. The van der Waals surface area contributed by atoms with Crippen molar-refractivity contribution in [3.8, 4) is 0 Å². The third-order valence-electron chi connectivity index (χ3n) is 8.40. The number of carbonyl (C=O) groups excluding carboxylic acids is 1. The van der Waals surface area contributed by atoms with Gasteiger partial charge in [0.25, 0.3) is 0 Å². The van der Waals surface area contributed by atoms with Crippen molar-refractivity contribution in [3.63, 3.8) is 0 Å². The van der Waals surface area contributed by atoms with E-state index < -0.39 is 23.8 Å². The van der Waals surface area contributed by atoms with Gasteiger partial charge in [0.05, 0.1) is 37.6 Å². The molecule has 0 aromatic carbocycles. The zero-order chi connectivity index (χ0) is 24.7. The van der Waals surface area contributed by atoms with Gasteiger partial charge in [-0.1, -0.05) is 20.3 Å². The predicted molar refractivity (Wildman–Crippen MR) is 124 cm³/mol. The summed E-state index contributed by atoms with van der Waals surface area (Å²) in [5.74, 6) is -2.04. The van der Waals surface area contributed by atoms with Gasteiger partial charge in [-0.15, -0.1) is 0 Å². The van der Waals surface area contributed by atoms with Crippen LogP contribution in [0, 0.1) is 47.3 Å². The molecule has 0 aromatic heterocycles. The summed E-state index contributed by atoms with van der Waals surface area (Å²) in [7, 11) is 0. The van der Waals surface area contributed by atoms with Crippen LogP contribution in [0.5, 0.6) is 0 Å². The summed E-state index contributed by atoms with van der Waals surface area (Å²) in [6.45, 7) is 5.32. The molecular weight excluding hydrogens is 440 g/mol. The molecule has 0 heterocycles. The molecule has 3 fully saturated rings. The van der Waals surface area contributed by atoms with Crippen molar-refractivity contribution in [3.05, 3.63) is 0 Å². The van der Waals surface area contributed by atoms with Crippen molar-refractivity contribution < 1.29 is 39.1 Å². The molecule has 0 saturated heterocycles. The Kier molecular flexibility index (Phi) is 10.2. The Morgan fingerprint density at radius 2 is 1.18 bits per heavy atom. The number of rotatable bonds is 10. The standard InChI is InChI=1S/C26H42O8/c1-16-3-9-20(22(11-16)24(27)28)15-34-33-14-19-7-5-18(6-8-19)13-32-26(31)21-10-4-17(2)12-23(21)25(29)30/h16-23H,3-15H2,1-2H3,(H,27,28)(H,29,30). The molecule has 0 radical (unpaired) electrons. The maximum atomic E-state index is 12.6. The molecule has 3 saturated carbocycles. The average molecular weight is 483 g/mol. The highest BCUT2D eigenvalue weighted by molar-refractivity contribution is 5.81. The molecule has 0 spiro atoms. The van der Waals surface area contributed by atoms with Gasteiger partial charge in [0.15, 0.2) is 0 Å². The topological polar surface area (TPSA) is 119 Å². The van der Waals surface area contributed by atoms with Gasteiger partial charge in [-0.3, -0.25) is 14.4 Å². The van der Waals surface area contributed by atoms with E-state index in [-0.39, 0.29) is 17.8 Å². The Balaban J connectivity index is 1.30. The van der Waals surface area contributed by atoms with Crippen LogP contribution < -0.4 is 0 Å². The summed E-state index contributed by atoms with van der Waals surface area (Å²) in [4.78, 5) is 46.5. The van der Waals surface area contributed by atoms with Crippen LogP contribution in [0.2, 0.25) is 0 Å². The molecule has 3 rings (SSSR count). The molecule has 6 unspecified atom stereocenters. The van der Waals surface area contributed by atoms with E-state index >= 15 is 0 Å². The lowest BCUT2D eigenvalue weighted by atomic mass is 9.74. The molecule has 8 nitrogen and oxygen atoms in total. The molecular formula is C26H42O8. The van der Waals surface area contributed by atoms with Crippen molar-refractivity contribution in [2.45, 2.75) is 78.1 Å². The van der Waals surface area contributed by atoms with Crippen LogP contribution >= 0.6 is 0 Å². The Bertz CT molecular complexity index is 686. The molecule has 0 aliphatic heterocycles. The predicted octanol–water partition coefficient (Wildman–Crippen LogP) is 4.56. The summed E-state index contributed by atoms with van der Waals surface area (Å²) in [6.07, 6.45) is 8.39. The number of carboxylic acid groups (broad SMARTS) is 2. The third kappa shape index (κ3) is 7.67. The molecule has 3 aliphatic carbocycles. The fourth-order valence-electron chi connectivity index (χ4n) is 6.03. The number of carbonyl (C=O) groups is 3. The number of esters is 1. The van der Waals surface area contributed by atoms with Crippen LogP contribution in [0.15, 0.2) is 0 Å². The van der Waals surface area contributed by atoms with Crippen molar-refractivity contribution in [2.24, 2.45) is 47.3 Å². The quantitative estimate of drug-likeness (QED) is 0.201. The van der Waals surface area contributed by atoms with E-state index in [0.717, 1.165) is 44.9 Å². The van der Waals surface area contributed by atoms with Gasteiger partial charge in [0.1, 0.15) is 0 Å².